The Bertz CT molecular complexity index is 1540. The van der Waals surface area contributed by atoms with Crippen LogP contribution in [0, 0.1) is 0 Å². The number of nitrogens with one attached hydrogen (secondary N) is 2. The Morgan fingerprint density at radius 2 is 1.70 bits per heavy atom. The number of benzene rings is 2. The van der Waals surface area contributed by atoms with Gasteiger partial charge in [-0.25, -0.2) is 9.48 Å². The summed E-state index contributed by atoms with van der Waals surface area (Å²) in [7, 11) is 0. The number of alkyl halides is 6. The number of aliphatic hydroxyl groups excluding tert-OH is 1. The summed E-state index contributed by atoms with van der Waals surface area (Å²) in [5, 5.41) is 18.2. The molecule has 43 heavy (non-hydrogen) atoms. The van der Waals surface area contributed by atoms with Gasteiger partial charge in [0.1, 0.15) is 12.6 Å². The van der Waals surface area contributed by atoms with Crippen molar-refractivity contribution in [2.24, 2.45) is 5.73 Å². The molecule has 3 amide bonds. The Balaban J connectivity index is 1.95. The minimum absolute atomic E-state index is 0.103. The Morgan fingerprint density at radius 3 is 2.28 bits per heavy atom. The van der Waals surface area contributed by atoms with Crippen molar-refractivity contribution in [2.45, 2.75) is 44.0 Å². The van der Waals surface area contributed by atoms with E-state index in [0.717, 1.165) is 18.2 Å². The van der Waals surface area contributed by atoms with E-state index in [1.54, 1.807) is 0 Å². The van der Waals surface area contributed by atoms with Gasteiger partial charge in [-0.2, -0.15) is 26.3 Å². The van der Waals surface area contributed by atoms with E-state index in [4.69, 9.17) is 17.3 Å². The van der Waals surface area contributed by atoms with Gasteiger partial charge in [-0.05, 0) is 42.0 Å². The van der Waals surface area contributed by atoms with Crippen molar-refractivity contribution in [3.05, 3.63) is 75.2 Å². The third-order valence-electron chi connectivity index (χ3n) is 5.84. The first kappa shape index (κ1) is 33.1. The summed E-state index contributed by atoms with van der Waals surface area (Å²) < 4.78 is 80.1. The van der Waals surface area contributed by atoms with Crippen LogP contribution in [0.2, 0.25) is 5.02 Å². The molecule has 232 valence electrons. The van der Waals surface area contributed by atoms with Crippen molar-refractivity contribution < 1.29 is 45.8 Å². The fourth-order valence-corrected chi connectivity index (χ4v) is 3.87. The van der Waals surface area contributed by atoms with Crippen molar-refractivity contribution in [3.8, 4) is 11.4 Å². The van der Waals surface area contributed by atoms with Crippen molar-refractivity contribution >= 4 is 29.3 Å². The molecule has 0 radical (unpaired) electrons. The molecule has 0 saturated carbocycles. The lowest BCUT2D eigenvalue weighted by molar-refractivity contribution is -0.207. The highest BCUT2D eigenvalue weighted by atomic mass is 35.5. The molecule has 0 saturated heterocycles. The van der Waals surface area contributed by atoms with Crippen LogP contribution >= 0.6 is 11.6 Å². The summed E-state index contributed by atoms with van der Waals surface area (Å²) >= 11 is 5.84. The fourth-order valence-electron chi connectivity index (χ4n) is 3.75. The number of halogens is 7. The van der Waals surface area contributed by atoms with Gasteiger partial charge in [0.05, 0.1) is 12.1 Å². The highest BCUT2D eigenvalue weighted by molar-refractivity contribution is 6.30. The van der Waals surface area contributed by atoms with E-state index < -0.39 is 66.6 Å². The molecule has 11 nitrogen and oxygen atoms in total. The number of aromatic nitrogens is 3. The quantitative estimate of drug-likeness (QED) is 0.236. The maximum absolute atomic E-state index is 13.3. The second-order valence-corrected chi connectivity index (χ2v) is 9.51. The van der Waals surface area contributed by atoms with Gasteiger partial charge in [-0.3, -0.25) is 19.0 Å². The van der Waals surface area contributed by atoms with Crippen molar-refractivity contribution in [2.75, 3.05) is 6.54 Å². The van der Waals surface area contributed by atoms with E-state index in [1.807, 2.05) is 0 Å². The summed E-state index contributed by atoms with van der Waals surface area (Å²) in [6.07, 6.45) is -13.2. The predicted octanol–water partition coefficient (Wildman–Crippen LogP) is 2.16. The molecule has 0 aliphatic heterocycles. The van der Waals surface area contributed by atoms with Crippen LogP contribution in [-0.2, 0) is 33.6 Å². The third-order valence-corrected chi connectivity index (χ3v) is 6.09. The smallest absolute Gasteiger partial charge is 0.382 e. The average Bonchev–Trinajstić information content (AvgIpc) is 3.20. The molecule has 2 atom stereocenters. The molecule has 2 aromatic carbocycles. The van der Waals surface area contributed by atoms with Gasteiger partial charge < -0.3 is 21.5 Å². The number of hydrogen-bond acceptors (Lipinski definition) is 6. The first-order valence-electron chi connectivity index (χ1n) is 12.2. The van der Waals surface area contributed by atoms with Crippen LogP contribution in [0.3, 0.4) is 0 Å². The summed E-state index contributed by atoms with van der Waals surface area (Å²) in [5.74, 6) is -3.32. The summed E-state index contributed by atoms with van der Waals surface area (Å²) in [5.41, 5.74) is 2.43. The highest BCUT2D eigenvalue weighted by Crippen LogP contribution is 2.31. The van der Waals surface area contributed by atoms with Crippen LogP contribution in [0.1, 0.15) is 23.6 Å². The van der Waals surface area contributed by atoms with Gasteiger partial charge in [0.25, 0.3) is 0 Å². The van der Waals surface area contributed by atoms with E-state index in [1.165, 1.54) is 24.3 Å². The molecule has 0 aliphatic rings. The third kappa shape index (κ3) is 8.81. The number of rotatable bonds is 11. The van der Waals surface area contributed by atoms with Crippen LogP contribution in [0.4, 0.5) is 26.3 Å². The molecule has 0 aliphatic carbocycles. The lowest BCUT2D eigenvalue weighted by Crippen LogP contribution is -2.43. The van der Waals surface area contributed by atoms with E-state index in [9.17, 15) is 50.6 Å². The van der Waals surface area contributed by atoms with Crippen LogP contribution in [0.25, 0.3) is 11.4 Å². The molecule has 0 fully saturated rings. The largest absolute Gasteiger partial charge is 0.416 e. The molecule has 0 spiro atoms. The zero-order chi connectivity index (χ0) is 32.1. The Labute approximate surface area is 243 Å². The summed E-state index contributed by atoms with van der Waals surface area (Å²) in [6, 6.07) is 7.04. The minimum atomic E-state index is -5.10. The Morgan fingerprint density at radius 1 is 1.05 bits per heavy atom. The van der Waals surface area contributed by atoms with Crippen LogP contribution < -0.4 is 22.1 Å². The first-order valence-corrected chi connectivity index (χ1v) is 12.6. The molecule has 18 heteroatoms. The minimum Gasteiger partial charge on any atom is -0.382 e. The number of nitrogens with two attached hydrogens (primary N) is 1. The molecule has 2 unspecified atom stereocenters. The number of carbonyl (C=O) groups excluding carboxylic acids is 3. The topological polar surface area (TPSA) is 161 Å². The van der Waals surface area contributed by atoms with Gasteiger partial charge >= 0.3 is 18.0 Å². The lowest BCUT2D eigenvalue weighted by Gasteiger charge is -2.20. The van der Waals surface area contributed by atoms with Gasteiger partial charge in [-0.1, -0.05) is 23.7 Å². The van der Waals surface area contributed by atoms with Gasteiger partial charge in [-0.15, -0.1) is 5.10 Å². The maximum atomic E-state index is 13.3. The number of nitrogens with zero attached hydrogens (tertiary/aromatic N) is 3. The highest BCUT2D eigenvalue weighted by Gasteiger charge is 2.39. The molecule has 3 rings (SSSR count). The van der Waals surface area contributed by atoms with E-state index in [-0.39, 0.29) is 34.9 Å². The van der Waals surface area contributed by atoms with Crippen LogP contribution in [0.5, 0.6) is 0 Å². The zero-order valence-electron chi connectivity index (χ0n) is 21.7. The number of amides is 3. The molecule has 0 bridgehead atoms. The van der Waals surface area contributed by atoms with E-state index in [2.05, 4.69) is 15.7 Å². The van der Waals surface area contributed by atoms with Crippen LogP contribution in [-0.4, -0.2) is 56.0 Å². The van der Waals surface area contributed by atoms with Gasteiger partial charge in [0.15, 0.2) is 11.9 Å². The monoisotopic (exact) mass is 636 g/mol. The number of aliphatic hydroxyl groups is 1. The van der Waals surface area contributed by atoms with Crippen molar-refractivity contribution in [3.63, 3.8) is 0 Å². The second-order valence-electron chi connectivity index (χ2n) is 9.07. The fraction of sp³-hybridized carbons (Fsp3) is 0.320. The molecule has 1 aromatic heterocycles. The number of carbonyl (C=O) groups is 3. The van der Waals surface area contributed by atoms with Gasteiger partial charge in [0, 0.05) is 23.6 Å². The Hall–Kier alpha value is -4.38. The second kappa shape index (κ2) is 13.3. The molecular formula is C25H23ClF6N6O5. The first-order chi connectivity index (χ1) is 20.0. The molecular weight excluding hydrogens is 614 g/mol. The lowest BCUT2D eigenvalue weighted by atomic mass is 10.0. The van der Waals surface area contributed by atoms with Crippen molar-refractivity contribution in [1.29, 1.82) is 0 Å². The van der Waals surface area contributed by atoms with Gasteiger partial charge in [0.2, 0.25) is 17.7 Å². The normalized spacial score (nSPS) is 13.3. The predicted molar refractivity (Wildman–Crippen MR) is 138 cm³/mol. The van der Waals surface area contributed by atoms with E-state index >= 15 is 0 Å². The van der Waals surface area contributed by atoms with Crippen molar-refractivity contribution in [1.82, 2.24) is 25.0 Å². The maximum Gasteiger partial charge on any atom is 0.416 e. The standard InChI is InChI=1S/C25H23ClF6N6O5/c26-16-6-4-13(5-7-16)21-36-38(23(43)37(21)11-17(39)25(30,31)32)12-19(41)35-20(22(42)34-9-8-18(33)40)14-2-1-3-15(10-14)24(27,28)29/h1-7,10,17,20,39H,8-9,11-12H2,(H2,33,40)(H,34,42)(H,35,41). The number of hydrogen-bond donors (Lipinski definition) is 4. The molecule has 5 N–H and O–H groups in total. The summed E-state index contributed by atoms with van der Waals surface area (Å²) in [4.78, 5) is 49.8. The number of primary amides is 1. The Kier molecular flexibility index (Phi) is 10.2. The average molecular weight is 637 g/mol. The summed E-state index contributed by atoms with van der Waals surface area (Å²) in [6.45, 7) is -2.58. The zero-order valence-corrected chi connectivity index (χ0v) is 22.5. The molecule has 3 aromatic rings. The van der Waals surface area contributed by atoms with Crippen LogP contribution in [0.15, 0.2) is 53.3 Å². The SMILES string of the molecule is NC(=O)CCNC(=O)C(NC(=O)Cn1nc(-c2ccc(Cl)cc2)n(CC(O)C(F)(F)F)c1=O)c1cccc(C(F)(F)F)c1. The molecule has 1 heterocycles. The van der Waals surface area contributed by atoms with E-state index in [0.29, 0.717) is 15.3 Å².